The van der Waals surface area contributed by atoms with Crippen molar-refractivity contribution < 1.29 is 9.59 Å². The SMILES string of the molecule is Cl.O=C(CN1C(=O)CSc2ccccc21)NCCCN1CCNCC1. The molecule has 0 bridgehead atoms. The Kier molecular flexibility index (Phi) is 8.02. The van der Waals surface area contributed by atoms with Crippen LogP contribution in [-0.4, -0.2) is 68.3 Å². The molecule has 0 spiro atoms. The van der Waals surface area contributed by atoms with E-state index >= 15 is 0 Å². The molecule has 2 amide bonds. The zero-order valence-electron chi connectivity index (χ0n) is 14.2. The van der Waals surface area contributed by atoms with Crippen molar-refractivity contribution in [3.63, 3.8) is 0 Å². The van der Waals surface area contributed by atoms with Crippen LogP contribution in [0.1, 0.15) is 6.42 Å². The van der Waals surface area contributed by atoms with Crippen molar-refractivity contribution in [2.75, 3.05) is 56.5 Å². The molecule has 25 heavy (non-hydrogen) atoms. The number of rotatable bonds is 6. The van der Waals surface area contributed by atoms with Crippen LogP contribution in [0.15, 0.2) is 29.2 Å². The number of carbonyl (C=O) groups excluding carboxylic acids is 2. The minimum atomic E-state index is -0.0923. The second kappa shape index (κ2) is 10.0. The van der Waals surface area contributed by atoms with Gasteiger partial charge in [-0.3, -0.25) is 9.59 Å². The molecule has 138 valence electrons. The highest BCUT2D eigenvalue weighted by atomic mass is 35.5. The lowest BCUT2D eigenvalue weighted by Crippen LogP contribution is -2.45. The highest BCUT2D eigenvalue weighted by molar-refractivity contribution is 8.00. The average Bonchev–Trinajstić information content (AvgIpc) is 2.62. The summed E-state index contributed by atoms with van der Waals surface area (Å²) in [7, 11) is 0. The molecule has 1 aromatic rings. The number of thioether (sulfide) groups is 1. The van der Waals surface area contributed by atoms with E-state index in [1.54, 1.807) is 4.90 Å². The molecule has 0 atom stereocenters. The van der Waals surface area contributed by atoms with Gasteiger partial charge in [-0.2, -0.15) is 0 Å². The first-order valence-corrected chi connectivity index (χ1v) is 9.44. The first kappa shape index (κ1) is 20.0. The summed E-state index contributed by atoms with van der Waals surface area (Å²) in [6.07, 6.45) is 0.937. The van der Waals surface area contributed by atoms with Gasteiger partial charge in [-0.05, 0) is 25.1 Å². The number of anilines is 1. The number of nitrogens with one attached hydrogen (secondary N) is 2. The smallest absolute Gasteiger partial charge is 0.240 e. The topological polar surface area (TPSA) is 64.7 Å². The molecule has 3 rings (SSSR count). The van der Waals surface area contributed by atoms with Crippen LogP contribution in [0.3, 0.4) is 0 Å². The van der Waals surface area contributed by atoms with Crippen molar-refractivity contribution >= 4 is 41.7 Å². The molecule has 0 radical (unpaired) electrons. The quantitative estimate of drug-likeness (QED) is 0.715. The van der Waals surface area contributed by atoms with Crippen LogP contribution in [-0.2, 0) is 9.59 Å². The molecule has 0 aromatic heterocycles. The van der Waals surface area contributed by atoms with Gasteiger partial charge < -0.3 is 20.4 Å². The Hall–Kier alpha value is -1.28. The van der Waals surface area contributed by atoms with Gasteiger partial charge in [0.15, 0.2) is 0 Å². The molecule has 2 N–H and O–H groups in total. The van der Waals surface area contributed by atoms with E-state index in [1.165, 1.54) is 11.8 Å². The summed E-state index contributed by atoms with van der Waals surface area (Å²) >= 11 is 1.53. The number of hydrogen-bond donors (Lipinski definition) is 2. The molecule has 1 saturated heterocycles. The van der Waals surface area contributed by atoms with Crippen LogP contribution in [0, 0.1) is 0 Å². The maximum atomic E-state index is 12.2. The zero-order valence-corrected chi connectivity index (χ0v) is 15.8. The molecule has 2 aliphatic rings. The number of para-hydroxylation sites is 1. The van der Waals surface area contributed by atoms with Crippen LogP contribution >= 0.6 is 24.2 Å². The van der Waals surface area contributed by atoms with Gasteiger partial charge in [0.05, 0.1) is 11.4 Å². The number of benzene rings is 1. The number of amides is 2. The van der Waals surface area contributed by atoms with Gasteiger partial charge in [0.1, 0.15) is 6.54 Å². The Labute approximate surface area is 159 Å². The summed E-state index contributed by atoms with van der Waals surface area (Å²) in [5, 5.41) is 6.27. The van der Waals surface area contributed by atoms with E-state index in [4.69, 9.17) is 0 Å². The molecule has 1 fully saturated rings. The summed E-state index contributed by atoms with van der Waals surface area (Å²) in [5.74, 6) is 0.299. The van der Waals surface area contributed by atoms with E-state index < -0.39 is 0 Å². The lowest BCUT2D eigenvalue weighted by Gasteiger charge is -2.28. The molecule has 2 heterocycles. The van der Waals surface area contributed by atoms with Gasteiger partial charge >= 0.3 is 0 Å². The van der Waals surface area contributed by atoms with Crippen molar-refractivity contribution in [2.45, 2.75) is 11.3 Å². The minimum Gasteiger partial charge on any atom is -0.355 e. The Balaban J connectivity index is 0.00000225. The summed E-state index contributed by atoms with van der Waals surface area (Å²) in [6.45, 7) is 5.99. The monoisotopic (exact) mass is 384 g/mol. The molecular weight excluding hydrogens is 360 g/mol. The van der Waals surface area contributed by atoms with Crippen LogP contribution < -0.4 is 15.5 Å². The van der Waals surface area contributed by atoms with Gasteiger partial charge in [-0.25, -0.2) is 0 Å². The van der Waals surface area contributed by atoms with Crippen LogP contribution in [0.2, 0.25) is 0 Å². The van der Waals surface area contributed by atoms with E-state index in [2.05, 4.69) is 15.5 Å². The minimum absolute atomic E-state index is 0. The van der Waals surface area contributed by atoms with Gasteiger partial charge in [0, 0.05) is 37.6 Å². The molecular formula is C17H25ClN4O2S. The van der Waals surface area contributed by atoms with E-state index in [0.717, 1.165) is 49.7 Å². The van der Waals surface area contributed by atoms with Gasteiger partial charge in [-0.15, -0.1) is 24.2 Å². The predicted molar refractivity (Wildman–Crippen MR) is 104 cm³/mol. The highest BCUT2D eigenvalue weighted by Gasteiger charge is 2.25. The number of halogens is 1. The van der Waals surface area contributed by atoms with E-state index in [0.29, 0.717) is 12.3 Å². The fraction of sp³-hybridized carbons (Fsp3) is 0.529. The molecule has 8 heteroatoms. The molecule has 0 saturated carbocycles. The number of hydrogen-bond acceptors (Lipinski definition) is 5. The van der Waals surface area contributed by atoms with E-state index in [1.807, 2.05) is 24.3 Å². The Morgan fingerprint density at radius 2 is 2.00 bits per heavy atom. The first-order valence-electron chi connectivity index (χ1n) is 8.46. The molecule has 0 unspecified atom stereocenters. The fourth-order valence-electron chi connectivity index (χ4n) is 2.99. The third kappa shape index (κ3) is 5.60. The van der Waals surface area contributed by atoms with Crippen molar-refractivity contribution in [1.82, 2.24) is 15.5 Å². The zero-order chi connectivity index (χ0) is 16.8. The number of piperazine rings is 1. The Morgan fingerprint density at radius 1 is 1.24 bits per heavy atom. The second-order valence-electron chi connectivity index (χ2n) is 6.03. The van der Waals surface area contributed by atoms with E-state index in [9.17, 15) is 9.59 Å². The van der Waals surface area contributed by atoms with Gasteiger partial charge in [0.25, 0.3) is 0 Å². The molecule has 1 aromatic carbocycles. The lowest BCUT2D eigenvalue weighted by atomic mass is 10.2. The predicted octanol–water partition coefficient (Wildman–Crippen LogP) is 0.959. The summed E-state index contributed by atoms with van der Waals surface area (Å²) < 4.78 is 0. The highest BCUT2D eigenvalue weighted by Crippen LogP contribution is 2.34. The standard InChI is InChI=1S/C17H24N4O2S.ClH/c22-16(19-6-3-9-20-10-7-18-8-11-20)12-21-14-4-1-2-5-15(14)24-13-17(21)23;/h1-2,4-5,18H,3,6-13H2,(H,19,22);1H. The Bertz CT molecular complexity index is 596. The Morgan fingerprint density at radius 3 is 2.80 bits per heavy atom. The fourth-order valence-corrected chi connectivity index (χ4v) is 3.93. The maximum absolute atomic E-state index is 12.2. The van der Waals surface area contributed by atoms with Gasteiger partial charge in [0.2, 0.25) is 11.8 Å². The normalized spacial score (nSPS) is 17.6. The van der Waals surface area contributed by atoms with Crippen LogP contribution in [0.25, 0.3) is 0 Å². The summed E-state index contributed by atoms with van der Waals surface area (Å²) in [4.78, 5) is 29.4. The molecule has 6 nitrogen and oxygen atoms in total. The lowest BCUT2D eigenvalue weighted by molar-refractivity contribution is -0.123. The van der Waals surface area contributed by atoms with Crippen molar-refractivity contribution in [1.29, 1.82) is 0 Å². The number of carbonyl (C=O) groups is 2. The third-order valence-electron chi connectivity index (χ3n) is 4.29. The van der Waals surface area contributed by atoms with Gasteiger partial charge in [-0.1, -0.05) is 12.1 Å². The third-order valence-corrected chi connectivity index (χ3v) is 5.34. The average molecular weight is 385 g/mol. The number of nitrogens with zero attached hydrogens (tertiary/aromatic N) is 2. The molecule has 0 aliphatic carbocycles. The molecule has 2 aliphatic heterocycles. The first-order chi connectivity index (χ1) is 11.7. The summed E-state index contributed by atoms with van der Waals surface area (Å²) in [5.41, 5.74) is 0.842. The summed E-state index contributed by atoms with van der Waals surface area (Å²) in [6, 6.07) is 7.74. The second-order valence-corrected chi connectivity index (χ2v) is 7.05. The van der Waals surface area contributed by atoms with Crippen LogP contribution in [0.5, 0.6) is 0 Å². The largest absolute Gasteiger partial charge is 0.355 e. The van der Waals surface area contributed by atoms with Crippen LogP contribution in [0.4, 0.5) is 5.69 Å². The maximum Gasteiger partial charge on any atom is 0.240 e. The van der Waals surface area contributed by atoms with E-state index in [-0.39, 0.29) is 30.8 Å². The van der Waals surface area contributed by atoms with Crippen molar-refractivity contribution in [2.24, 2.45) is 0 Å². The van der Waals surface area contributed by atoms with Crippen molar-refractivity contribution in [3.05, 3.63) is 24.3 Å². The number of fused-ring (bicyclic) bond motifs is 1. The van der Waals surface area contributed by atoms with Crippen molar-refractivity contribution in [3.8, 4) is 0 Å².